The van der Waals surface area contributed by atoms with E-state index in [1.54, 1.807) is 17.8 Å². The molecule has 1 aliphatic rings. The zero-order valence-corrected chi connectivity index (χ0v) is 17.9. The fraction of sp³-hybridized carbons (Fsp3) is 0.364. The highest BCUT2D eigenvalue weighted by Gasteiger charge is 2.24. The average Bonchev–Trinajstić information content (AvgIpc) is 3.50. The summed E-state index contributed by atoms with van der Waals surface area (Å²) in [6, 6.07) is 5.84. The normalized spacial score (nSPS) is 13.3. The Morgan fingerprint density at radius 1 is 1.23 bits per heavy atom. The van der Waals surface area contributed by atoms with Crippen LogP contribution in [0.4, 0.5) is 11.5 Å². The van der Waals surface area contributed by atoms with Gasteiger partial charge in [-0.1, -0.05) is 6.07 Å². The second-order valence-electron chi connectivity index (χ2n) is 7.72. The predicted octanol–water partition coefficient (Wildman–Crippen LogP) is 2.36. The molecule has 162 valence electrons. The van der Waals surface area contributed by atoms with Crippen molar-refractivity contribution in [2.75, 3.05) is 25.6 Å². The third-order valence-corrected chi connectivity index (χ3v) is 5.33. The van der Waals surface area contributed by atoms with Gasteiger partial charge in [-0.2, -0.15) is 5.10 Å². The number of carbonyl (C=O) groups is 2. The molecule has 31 heavy (non-hydrogen) atoms. The Bertz CT molecular complexity index is 1140. The number of amides is 2. The first-order valence-corrected chi connectivity index (χ1v) is 10.3. The van der Waals surface area contributed by atoms with E-state index in [2.05, 4.69) is 26.0 Å². The van der Waals surface area contributed by atoms with Gasteiger partial charge in [0, 0.05) is 37.1 Å². The van der Waals surface area contributed by atoms with E-state index in [0.717, 1.165) is 29.7 Å². The molecular formula is C22H26N6O3. The van der Waals surface area contributed by atoms with Gasteiger partial charge in [0.05, 0.1) is 12.2 Å². The Labute approximate surface area is 180 Å². The Kier molecular flexibility index (Phi) is 5.85. The number of nitrogens with zero attached hydrogens (tertiary/aromatic N) is 3. The minimum absolute atomic E-state index is 0.0766. The number of rotatable bonds is 8. The number of benzene rings is 1. The molecule has 0 spiro atoms. The number of aromatic nitrogens is 3. The molecule has 3 N–H and O–H groups in total. The minimum atomic E-state index is -0.194. The summed E-state index contributed by atoms with van der Waals surface area (Å²) in [7, 11) is 1.59. The maximum Gasteiger partial charge on any atom is 0.253 e. The largest absolute Gasteiger partial charge is 0.383 e. The maximum absolute atomic E-state index is 12.6. The van der Waals surface area contributed by atoms with Crippen LogP contribution < -0.4 is 16.0 Å². The van der Waals surface area contributed by atoms with Gasteiger partial charge in [-0.05, 0) is 49.9 Å². The van der Waals surface area contributed by atoms with Crippen LogP contribution in [0.5, 0.6) is 0 Å². The van der Waals surface area contributed by atoms with Crippen molar-refractivity contribution in [2.24, 2.45) is 0 Å². The molecule has 9 heteroatoms. The van der Waals surface area contributed by atoms with Crippen LogP contribution >= 0.6 is 0 Å². The summed E-state index contributed by atoms with van der Waals surface area (Å²) in [5, 5.41) is 13.4. The zero-order chi connectivity index (χ0) is 22.0. The third-order valence-electron chi connectivity index (χ3n) is 5.33. The summed E-state index contributed by atoms with van der Waals surface area (Å²) in [5.41, 5.74) is 4.33. The highest BCUT2D eigenvalue weighted by atomic mass is 16.5. The fourth-order valence-electron chi connectivity index (χ4n) is 3.36. The summed E-state index contributed by atoms with van der Waals surface area (Å²) < 4.78 is 6.62. The van der Waals surface area contributed by atoms with Crippen LogP contribution in [0.25, 0.3) is 5.52 Å². The zero-order valence-electron chi connectivity index (χ0n) is 17.9. The fourth-order valence-corrected chi connectivity index (χ4v) is 3.36. The number of ether oxygens (including phenoxy) is 1. The number of aryl methyl sites for hydroxylation is 2. The molecule has 0 radical (unpaired) electrons. The molecule has 0 unspecified atom stereocenters. The van der Waals surface area contributed by atoms with Crippen molar-refractivity contribution in [3.63, 3.8) is 0 Å². The highest BCUT2D eigenvalue weighted by Crippen LogP contribution is 2.28. The van der Waals surface area contributed by atoms with Gasteiger partial charge >= 0.3 is 0 Å². The van der Waals surface area contributed by atoms with E-state index < -0.39 is 0 Å². The van der Waals surface area contributed by atoms with E-state index in [4.69, 9.17) is 4.74 Å². The SMILES string of the molecule is COCCNC(=O)c1cn2ncnc(Nc3cc(C(=O)NC4CC4)ccc3C)c2c1C. The molecule has 9 nitrogen and oxygen atoms in total. The second-order valence-corrected chi connectivity index (χ2v) is 7.72. The van der Waals surface area contributed by atoms with Gasteiger partial charge in [-0.3, -0.25) is 9.59 Å². The molecule has 1 saturated carbocycles. The van der Waals surface area contributed by atoms with Crippen molar-refractivity contribution in [1.29, 1.82) is 0 Å². The average molecular weight is 422 g/mol. The van der Waals surface area contributed by atoms with Crippen LogP contribution in [0.2, 0.25) is 0 Å². The van der Waals surface area contributed by atoms with E-state index in [1.165, 1.54) is 6.33 Å². The molecule has 3 aromatic rings. The van der Waals surface area contributed by atoms with Crippen LogP contribution in [-0.4, -0.2) is 52.7 Å². The number of nitrogens with one attached hydrogen (secondary N) is 3. The van der Waals surface area contributed by atoms with Crippen LogP contribution in [-0.2, 0) is 4.74 Å². The van der Waals surface area contributed by atoms with Crippen molar-refractivity contribution < 1.29 is 14.3 Å². The summed E-state index contributed by atoms with van der Waals surface area (Å²) in [6.45, 7) is 4.69. The second kappa shape index (κ2) is 8.73. The van der Waals surface area contributed by atoms with Gasteiger partial charge in [-0.25, -0.2) is 9.50 Å². The van der Waals surface area contributed by atoms with Crippen molar-refractivity contribution in [3.05, 3.63) is 53.0 Å². The van der Waals surface area contributed by atoms with Gasteiger partial charge in [0.2, 0.25) is 0 Å². The maximum atomic E-state index is 12.6. The topological polar surface area (TPSA) is 110 Å². The predicted molar refractivity (Wildman–Crippen MR) is 117 cm³/mol. The quantitative estimate of drug-likeness (QED) is 0.481. The molecule has 2 amide bonds. The number of hydrogen-bond donors (Lipinski definition) is 3. The van der Waals surface area contributed by atoms with E-state index in [9.17, 15) is 9.59 Å². The van der Waals surface area contributed by atoms with Gasteiger partial charge in [0.15, 0.2) is 5.82 Å². The van der Waals surface area contributed by atoms with E-state index in [1.807, 2.05) is 32.0 Å². The molecule has 2 aromatic heterocycles. The van der Waals surface area contributed by atoms with Crippen LogP contribution in [0, 0.1) is 13.8 Å². The van der Waals surface area contributed by atoms with Crippen molar-refractivity contribution in [2.45, 2.75) is 32.7 Å². The first kappa shape index (κ1) is 20.8. The summed E-state index contributed by atoms with van der Waals surface area (Å²) >= 11 is 0. The van der Waals surface area contributed by atoms with E-state index in [-0.39, 0.29) is 11.8 Å². The Balaban J connectivity index is 1.63. The molecule has 1 fully saturated rings. The third kappa shape index (κ3) is 4.51. The van der Waals surface area contributed by atoms with E-state index >= 15 is 0 Å². The van der Waals surface area contributed by atoms with Gasteiger partial charge in [0.25, 0.3) is 11.8 Å². The molecule has 4 rings (SSSR count). The number of hydrogen-bond acceptors (Lipinski definition) is 6. The standard InChI is InChI=1S/C22H26N6O3/c1-13-4-5-15(21(29)26-16-6-7-16)10-18(13)27-20-19-14(2)17(11-28(19)25-12-24-20)22(30)23-8-9-31-3/h4-5,10-12,16H,6-9H2,1-3H3,(H,23,30)(H,26,29)(H,24,25,27). The Morgan fingerprint density at radius 3 is 2.77 bits per heavy atom. The van der Waals surface area contributed by atoms with Gasteiger partial charge < -0.3 is 20.7 Å². The Morgan fingerprint density at radius 2 is 2.03 bits per heavy atom. The summed E-state index contributed by atoms with van der Waals surface area (Å²) in [5.74, 6) is 0.291. The lowest BCUT2D eigenvalue weighted by Gasteiger charge is -2.12. The lowest BCUT2D eigenvalue weighted by molar-refractivity contribution is 0.0933. The smallest absolute Gasteiger partial charge is 0.253 e. The van der Waals surface area contributed by atoms with Crippen LogP contribution in [0.1, 0.15) is 44.7 Å². The van der Waals surface area contributed by atoms with Crippen LogP contribution in [0.15, 0.2) is 30.7 Å². The van der Waals surface area contributed by atoms with Crippen molar-refractivity contribution in [1.82, 2.24) is 25.2 Å². The monoisotopic (exact) mass is 422 g/mol. The Hall–Kier alpha value is -3.46. The number of anilines is 2. The number of carbonyl (C=O) groups excluding carboxylic acids is 2. The van der Waals surface area contributed by atoms with Crippen molar-refractivity contribution >= 4 is 28.8 Å². The van der Waals surface area contributed by atoms with Crippen molar-refractivity contribution in [3.8, 4) is 0 Å². The molecular weight excluding hydrogens is 396 g/mol. The minimum Gasteiger partial charge on any atom is -0.383 e. The highest BCUT2D eigenvalue weighted by molar-refractivity contribution is 5.99. The van der Waals surface area contributed by atoms with Gasteiger partial charge in [-0.15, -0.1) is 0 Å². The molecule has 0 aliphatic heterocycles. The number of fused-ring (bicyclic) bond motifs is 1. The lowest BCUT2D eigenvalue weighted by Crippen LogP contribution is -2.27. The molecule has 0 saturated heterocycles. The van der Waals surface area contributed by atoms with Crippen LogP contribution in [0.3, 0.4) is 0 Å². The van der Waals surface area contributed by atoms with E-state index in [0.29, 0.717) is 41.7 Å². The first-order chi connectivity index (χ1) is 15.0. The molecule has 1 aromatic carbocycles. The van der Waals surface area contributed by atoms with Gasteiger partial charge in [0.1, 0.15) is 11.8 Å². The summed E-state index contributed by atoms with van der Waals surface area (Å²) in [4.78, 5) is 29.4. The molecule has 0 bridgehead atoms. The first-order valence-electron chi connectivity index (χ1n) is 10.3. The number of methoxy groups -OCH3 is 1. The molecule has 2 heterocycles. The molecule has 0 atom stereocenters. The lowest BCUT2D eigenvalue weighted by atomic mass is 10.1. The summed E-state index contributed by atoms with van der Waals surface area (Å²) in [6.07, 6.45) is 5.19. The molecule has 1 aliphatic carbocycles.